The lowest BCUT2D eigenvalue weighted by Gasteiger charge is -2.17. The summed E-state index contributed by atoms with van der Waals surface area (Å²) in [7, 11) is 0. The predicted octanol–water partition coefficient (Wildman–Crippen LogP) is 3.70. The Bertz CT molecular complexity index is 325. The molecule has 2 rings (SSSR count). The van der Waals surface area contributed by atoms with E-state index in [1.54, 1.807) is 0 Å². The van der Waals surface area contributed by atoms with Crippen LogP contribution in [0.5, 0.6) is 0 Å². The van der Waals surface area contributed by atoms with Crippen molar-refractivity contribution >= 4 is 23.4 Å². The number of nitrogens with two attached hydrogens (primary N) is 1. The Morgan fingerprint density at radius 2 is 2.00 bits per heavy atom. The van der Waals surface area contributed by atoms with Gasteiger partial charge in [0.25, 0.3) is 0 Å². The van der Waals surface area contributed by atoms with E-state index >= 15 is 0 Å². The summed E-state index contributed by atoms with van der Waals surface area (Å²) in [5.41, 5.74) is 7.14. The molecule has 0 spiro atoms. The molecule has 0 radical (unpaired) electrons. The van der Waals surface area contributed by atoms with Crippen LogP contribution in [-0.4, -0.2) is 11.8 Å². The maximum Gasteiger partial charge on any atom is 0.0406 e. The number of halogens is 1. The van der Waals surface area contributed by atoms with Crippen LogP contribution in [0.15, 0.2) is 24.3 Å². The molecule has 0 bridgehead atoms. The molecule has 1 aliphatic carbocycles. The monoisotopic (exact) mass is 255 g/mol. The molecule has 0 saturated heterocycles. The van der Waals surface area contributed by atoms with Crippen molar-refractivity contribution in [1.29, 1.82) is 0 Å². The van der Waals surface area contributed by atoms with Crippen molar-refractivity contribution in [2.45, 2.75) is 30.3 Å². The van der Waals surface area contributed by atoms with Gasteiger partial charge in [-0.2, -0.15) is 11.8 Å². The average molecular weight is 256 g/mol. The van der Waals surface area contributed by atoms with Crippen molar-refractivity contribution < 1.29 is 0 Å². The van der Waals surface area contributed by atoms with Crippen molar-refractivity contribution in [3.63, 3.8) is 0 Å². The number of benzene rings is 1. The zero-order valence-corrected chi connectivity index (χ0v) is 10.9. The fourth-order valence-corrected chi connectivity index (χ4v) is 3.85. The van der Waals surface area contributed by atoms with E-state index in [4.69, 9.17) is 17.3 Å². The number of hydrogen-bond donors (Lipinski definition) is 1. The molecule has 2 atom stereocenters. The van der Waals surface area contributed by atoms with Crippen LogP contribution in [0, 0.1) is 5.92 Å². The third-order valence-corrected chi connectivity index (χ3v) is 5.07. The quantitative estimate of drug-likeness (QED) is 0.888. The second-order valence-electron chi connectivity index (χ2n) is 4.40. The summed E-state index contributed by atoms with van der Waals surface area (Å²) in [6.07, 6.45) is 4.00. The van der Waals surface area contributed by atoms with Gasteiger partial charge in [0, 0.05) is 16.0 Å². The minimum absolute atomic E-state index is 0.734. The zero-order chi connectivity index (χ0) is 11.4. The van der Waals surface area contributed by atoms with Crippen LogP contribution >= 0.6 is 23.4 Å². The van der Waals surface area contributed by atoms with Crippen LogP contribution < -0.4 is 5.73 Å². The first-order valence-corrected chi connectivity index (χ1v) is 7.28. The third-order valence-electron chi connectivity index (χ3n) is 3.27. The van der Waals surface area contributed by atoms with Crippen molar-refractivity contribution in [1.82, 2.24) is 0 Å². The van der Waals surface area contributed by atoms with E-state index in [-0.39, 0.29) is 0 Å². The lowest BCUT2D eigenvalue weighted by molar-refractivity contribution is 0.573. The fourth-order valence-electron chi connectivity index (χ4n) is 2.28. The van der Waals surface area contributed by atoms with E-state index in [9.17, 15) is 0 Å². The Morgan fingerprint density at radius 3 is 2.69 bits per heavy atom. The Balaban J connectivity index is 1.85. The molecule has 1 nitrogen and oxygen atoms in total. The Hall–Kier alpha value is -0.180. The Kier molecular flexibility index (Phi) is 4.56. The molecular formula is C13H18ClNS. The predicted molar refractivity (Wildman–Crippen MR) is 72.9 cm³/mol. The smallest absolute Gasteiger partial charge is 0.0406 e. The normalized spacial score (nSPS) is 24.9. The highest BCUT2D eigenvalue weighted by atomic mass is 35.5. The molecule has 1 aromatic carbocycles. The van der Waals surface area contributed by atoms with Gasteiger partial charge in [0.15, 0.2) is 0 Å². The van der Waals surface area contributed by atoms with Gasteiger partial charge in [-0.05, 0) is 43.0 Å². The molecule has 16 heavy (non-hydrogen) atoms. The van der Waals surface area contributed by atoms with Crippen LogP contribution in [0.4, 0.5) is 0 Å². The minimum atomic E-state index is 0.734. The van der Waals surface area contributed by atoms with Gasteiger partial charge >= 0.3 is 0 Å². The van der Waals surface area contributed by atoms with Gasteiger partial charge in [-0.3, -0.25) is 0 Å². The number of rotatable bonds is 4. The van der Waals surface area contributed by atoms with Crippen molar-refractivity contribution in [2.24, 2.45) is 11.7 Å². The standard InChI is InChI=1S/C13H18ClNS/c14-12-6-4-10(5-7-12)9-16-13-3-1-2-11(13)8-15/h4-7,11,13H,1-3,8-9,15H2. The second-order valence-corrected chi connectivity index (χ2v) is 6.07. The van der Waals surface area contributed by atoms with Crippen LogP contribution in [0.1, 0.15) is 24.8 Å². The van der Waals surface area contributed by atoms with Crippen molar-refractivity contribution in [3.8, 4) is 0 Å². The molecule has 0 aromatic heterocycles. The Morgan fingerprint density at radius 1 is 1.25 bits per heavy atom. The maximum absolute atomic E-state index is 5.86. The molecule has 2 N–H and O–H groups in total. The molecule has 1 saturated carbocycles. The first kappa shape index (κ1) is 12.3. The zero-order valence-electron chi connectivity index (χ0n) is 9.36. The van der Waals surface area contributed by atoms with E-state index < -0.39 is 0 Å². The summed E-state index contributed by atoms with van der Waals surface area (Å²) in [5.74, 6) is 1.82. The molecular weight excluding hydrogens is 238 g/mol. The van der Waals surface area contributed by atoms with Crippen LogP contribution in [0.2, 0.25) is 5.02 Å². The van der Waals surface area contributed by atoms with Crippen LogP contribution in [0.3, 0.4) is 0 Å². The summed E-state index contributed by atoms with van der Waals surface area (Å²) in [6, 6.07) is 8.16. The summed E-state index contributed by atoms with van der Waals surface area (Å²) < 4.78 is 0. The van der Waals surface area contributed by atoms with Gasteiger partial charge in [0.2, 0.25) is 0 Å². The SMILES string of the molecule is NCC1CCCC1SCc1ccc(Cl)cc1. The lowest BCUT2D eigenvalue weighted by Crippen LogP contribution is -2.20. The van der Waals surface area contributed by atoms with Gasteiger partial charge < -0.3 is 5.73 Å². The first-order valence-electron chi connectivity index (χ1n) is 5.85. The summed E-state index contributed by atoms with van der Waals surface area (Å²) >= 11 is 7.91. The van der Waals surface area contributed by atoms with Gasteiger partial charge in [0.05, 0.1) is 0 Å². The van der Waals surface area contributed by atoms with Gasteiger partial charge in [-0.15, -0.1) is 0 Å². The number of thioether (sulfide) groups is 1. The van der Waals surface area contributed by atoms with Gasteiger partial charge in [0.1, 0.15) is 0 Å². The lowest BCUT2D eigenvalue weighted by atomic mass is 10.1. The maximum atomic E-state index is 5.86. The van der Waals surface area contributed by atoms with Gasteiger partial charge in [-0.1, -0.05) is 30.2 Å². The molecule has 1 aromatic rings. The molecule has 0 heterocycles. The van der Waals surface area contributed by atoms with E-state index in [0.29, 0.717) is 0 Å². The summed E-state index contributed by atoms with van der Waals surface area (Å²) in [5, 5.41) is 1.58. The van der Waals surface area contributed by atoms with E-state index in [2.05, 4.69) is 23.9 Å². The molecule has 3 heteroatoms. The summed E-state index contributed by atoms with van der Waals surface area (Å²) in [4.78, 5) is 0. The first-order chi connectivity index (χ1) is 7.79. The van der Waals surface area contributed by atoms with Crippen LogP contribution in [0.25, 0.3) is 0 Å². The molecule has 0 aliphatic heterocycles. The summed E-state index contributed by atoms with van der Waals surface area (Å²) in [6.45, 7) is 0.846. The minimum Gasteiger partial charge on any atom is -0.330 e. The van der Waals surface area contributed by atoms with Crippen LogP contribution in [-0.2, 0) is 5.75 Å². The third kappa shape index (κ3) is 3.16. The topological polar surface area (TPSA) is 26.0 Å². The van der Waals surface area contributed by atoms with E-state index in [1.165, 1.54) is 24.8 Å². The van der Waals surface area contributed by atoms with Gasteiger partial charge in [-0.25, -0.2) is 0 Å². The highest BCUT2D eigenvalue weighted by Crippen LogP contribution is 2.36. The average Bonchev–Trinajstić information content (AvgIpc) is 2.76. The molecule has 1 aliphatic rings. The molecule has 0 amide bonds. The van der Waals surface area contributed by atoms with E-state index in [1.807, 2.05) is 12.1 Å². The highest BCUT2D eigenvalue weighted by molar-refractivity contribution is 7.99. The largest absolute Gasteiger partial charge is 0.330 e. The van der Waals surface area contributed by atoms with E-state index in [0.717, 1.165) is 28.5 Å². The number of hydrogen-bond acceptors (Lipinski definition) is 2. The fraction of sp³-hybridized carbons (Fsp3) is 0.538. The second kappa shape index (κ2) is 5.95. The van der Waals surface area contributed by atoms with Crippen molar-refractivity contribution in [2.75, 3.05) is 6.54 Å². The highest BCUT2D eigenvalue weighted by Gasteiger charge is 2.25. The molecule has 88 valence electrons. The Labute approximate surface area is 107 Å². The molecule has 1 fully saturated rings. The molecule has 2 unspecified atom stereocenters. The van der Waals surface area contributed by atoms with Crippen molar-refractivity contribution in [3.05, 3.63) is 34.9 Å².